The van der Waals surface area contributed by atoms with Crippen LogP contribution in [0.1, 0.15) is 17.1 Å². The summed E-state index contributed by atoms with van der Waals surface area (Å²) in [7, 11) is 0. The van der Waals surface area contributed by atoms with Crippen LogP contribution in [0.4, 0.5) is 5.69 Å². The molecular formula is C15H14N4O2. The molecular weight excluding hydrogens is 268 g/mol. The van der Waals surface area contributed by atoms with Gasteiger partial charge >= 0.3 is 0 Å². The number of hydrogen-bond donors (Lipinski definition) is 1. The molecule has 0 aliphatic heterocycles. The van der Waals surface area contributed by atoms with Crippen LogP contribution in [0.3, 0.4) is 0 Å². The highest BCUT2D eigenvalue weighted by Crippen LogP contribution is 2.15. The minimum absolute atomic E-state index is 0.234. The van der Waals surface area contributed by atoms with Gasteiger partial charge in [-0.15, -0.1) is 0 Å². The zero-order chi connectivity index (χ0) is 14.8. The molecule has 6 nitrogen and oxygen atoms in total. The molecule has 0 saturated heterocycles. The second-order valence-corrected chi connectivity index (χ2v) is 4.68. The lowest BCUT2D eigenvalue weighted by Crippen LogP contribution is -2.09. The van der Waals surface area contributed by atoms with Crippen LogP contribution in [0.2, 0.25) is 0 Å². The van der Waals surface area contributed by atoms with Gasteiger partial charge in [0.25, 0.3) is 0 Å². The lowest BCUT2D eigenvalue weighted by Gasteiger charge is -2.04. The van der Waals surface area contributed by atoms with E-state index in [9.17, 15) is 4.79 Å². The first kappa shape index (κ1) is 13.1. The van der Waals surface area contributed by atoms with E-state index in [1.165, 1.54) is 6.08 Å². The van der Waals surface area contributed by atoms with Crippen LogP contribution >= 0.6 is 0 Å². The molecule has 0 atom stereocenters. The summed E-state index contributed by atoms with van der Waals surface area (Å²) >= 11 is 0. The van der Waals surface area contributed by atoms with Crippen molar-refractivity contribution in [3.05, 3.63) is 53.9 Å². The maximum absolute atomic E-state index is 11.9. The molecule has 3 aromatic heterocycles. The number of carbonyl (C=O) groups excluding carboxylic acids is 1. The predicted octanol–water partition coefficient (Wildman–Crippen LogP) is 2.59. The van der Waals surface area contributed by atoms with Gasteiger partial charge in [0, 0.05) is 6.08 Å². The van der Waals surface area contributed by atoms with Crippen molar-refractivity contribution in [1.29, 1.82) is 0 Å². The average Bonchev–Trinajstić information content (AvgIpc) is 3.05. The van der Waals surface area contributed by atoms with E-state index in [4.69, 9.17) is 4.42 Å². The minimum Gasteiger partial charge on any atom is -0.465 e. The Kier molecular flexibility index (Phi) is 3.27. The van der Waals surface area contributed by atoms with Gasteiger partial charge < -0.3 is 9.73 Å². The summed E-state index contributed by atoms with van der Waals surface area (Å²) < 4.78 is 6.79. The monoisotopic (exact) mass is 282 g/mol. The third-order valence-electron chi connectivity index (χ3n) is 2.93. The zero-order valence-corrected chi connectivity index (χ0v) is 11.7. The van der Waals surface area contributed by atoms with Gasteiger partial charge in [0.05, 0.1) is 18.1 Å². The van der Waals surface area contributed by atoms with E-state index in [-0.39, 0.29) is 5.91 Å². The van der Waals surface area contributed by atoms with Gasteiger partial charge in [-0.1, -0.05) is 0 Å². The van der Waals surface area contributed by atoms with E-state index in [1.54, 1.807) is 35.2 Å². The summed E-state index contributed by atoms with van der Waals surface area (Å²) in [4.78, 5) is 16.2. The Morgan fingerprint density at radius 1 is 1.43 bits per heavy atom. The molecule has 3 heterocycles. The highest BCUT2D eigenvalue weighted by Gasteiger charge is 2.06. The summed E-state index contributed by atoms with van der Waals surface area (Å²) in [5, 5.41) is 7.04. The third kappa shape index (κ3) is 2.84. The van der Waals surface area contributed by atoms with E-state index in [0.717, 1.165) is 11.2 Å². The fourth-order valence-electron chi connectivity index (χ4n) is 2.05. The molecule has 106 valence electrons. The van der Waals surface area contributed by atoms with Crippen molar-refractivity contribution < 1.29 is 9.21 Å². The topological polar surface area (TPSA) is 72.4 Å². The van der Waals surface area contributed by atoms with Crippen LogP contribution in [0.15, 0.2) is 41.2 Å². The standard InChI is InChI=1S/C15H14N4O2/c1-10-8-12(9-19-15(10)16-11(2)18-19)17-14(20)6-5-13-4-3-7-21-13/h3-9H,1-2H3,(H,17,20)/b6-5+. The maximum atomic E-state index is 11.9. The summed E-state index contributed by atoms with van der Waals surface area (Å²) in [6, 6.07) is 5.40. The molecule has 1 amide bonds. The SMILES string of the molecule is Cc1nc2c(C)cc(NC(=O)/C=C/c3ccco3)cn2n1. The second kappa shape index (κ2) is 5.24. The number of aryl methyl sites for hydroxylation is 2. The molecule has 3 rings (SSSR count). The summed E-state index contributed by atoms with van der Waals surface area (Å²) in [5.41, 5.74) is 2.40. The number of hydrogen-bond acceptors (Lipinski definition) is 4. The molecule has 1 N–H and O–H groups in total. The number of anilines is 1. The molecule has 6 heteroatoms. The fourth-order valence-corrected chi connectivity index (χ4v) is 2.05. The normalized spacial score (nSPS) is 11.3. The number of pyridine rings is 1. The maximum Gasteiger partial charge on any atom is 0.248 e. The number of nitrogens with one attached hydrogen (secondary N) is 1. The van der Waals surface area contributed by atoms with E-state index in [2.05, 4.69) is 15.4 Å². The number of rotatable bonds is 3. The van der Waals surface area contributed by atoms with Crippen LogP contribution in [0.25, 0.3) is 11.7 Å². The number of aromatic nitrogens is 3. The first-order valence-corrected chi connectivity index (χ1v) is 6.48. The Morgan fingerprint density at radius 2 is 2.29 bits per heavy atom. The van der Waals surface area contributed by atoms with E-state index in [1.807, 2.05) is 19.9 Å². The number of carbonyl (C=O) groups is 1. The third-order valence-corrected chi connectivity index (χ3v) is 2.93. The Hall–Kier alpha value is -2.89. The van der Waals surface area contributed by atoms with Gasteiger partial charge in [-0.2, -0.15) is 5.10 Å². The molecule has 0 aliphatic carbocycles. The quantitative estimate of drug-likeness (QED) is 0.749. The van der Waals surface area contributed by atoms with Gasteiger partial charge in [0.2, 0.25) is 5.91 Å². The molecule has 0 unspecified atom stereocenters. The molecule has 0 radical (unpaired) electrons. The van der Waals surface area contributed by atoms with Gasteiger partial charge in [0.1, 0.15) is 11.6 Å². The van der Waals surface area contributed by atoms with Gasteiger partial charge in [-0.05, 0) is 43.7 Å². The smallest absolute Gasteiger partial charge is 0.248 e. The lowest BCUT2D eigenvalue weighted by molar-refractivity contribution is -0.111. The highest BCUT2D eigenvalue weighted by molar-refractivity contribution is 6.01. The predicted molar refractivity (Wildman–Crippen MR) is 78.8 cm³/mol. The molecule has 0 fully saturated rings. The summed E-state index contributed by atoms with van der Waals surface area (Å²) in [6.07, 6.45) is 6.33. The molecule has 3 aromatic rings. The zero-order valence-electron chi connectivity index (χ0n) is 11.7. The Labute approximate surface area is 121 Å². The van der Waals surface area contributed by atoms with Crippen LogP contribution in [0, 0.1) is 13.8 Å². The number of nitrogens with zero attached hydrogens (tertiary/aromatic N) is 3. The lowest BCUT2D eigenvalue weighted by atomic mass is 10.2. The van der Waals surface area contributed by atoms with Crippen molar-refractivity contribution in [1.82, 2.24) is 14.6 Å². The molecule has 21 heavy (non-hydrogen) atoms. The first-order chi connectivity index (χ1) is 10.1. The Morgan fingerprint density at radius 3 is 3.05 bits per heavy atom. The molecule has 0 aliphatic rings. The van der Waals surface area contributed by atoms with E-state index in [0.29, 0.717) is 17.3 Å². The summed E-state index contributed by atoms with van der Waals surface area (Å²) in [5.74, 6) is 1.09. The molecule has 0 aromatic carbocycles. The van der Waals surface area contributed by atoms with Crippen molar-refractivity contribution in [2.45, 2.75) is 13.8 Å². The van der Waals surface area contributed by atoms with Crippen molar-refractivity contribution in [2.24, 2.45) is 0 Å². The Bertz CT molecular complexity index is 816. The first-order valence-electron chi connectivity index (χ1n) is 6.48. The number of fused-ring (bicyclic) bond motifs is 1. The van der Waals surface area contributed by atoms with Gasteiger partial charge in [-0.25, -0.2) is 9.50 Å². The van der Waals surface area contributed by atoms with Crippen molar-refractivity contribution >= 4 is 23.3 Å². The van der Waals surface area contributed by atoms with E-state index < -0.39 is 0 Å². The van der Waals surface area contributed by atoms with Crippen molar-refractivity contribution in [3.8, 4) is 0 Å². The highest BCUT2D eigenvalue weighted by atomic mass is 16.3. The molecule has 0 saturated carbocycles. The largest absolute Gasteiger partial charge is 0.465 e. The minimum atomic E-state index is -0.234. The molecule has 0 spiro atoms. The van der Waals surface area contributed by atoms with Crippen LogP contribution in [0.5, 0.6) is 0 Å². The average molecular weight is 282 g/mol. The van der Waals surface area contributed by atoms with Gasteiger partial charge in [0.15, 0.2) is 5.65 Å². The fraction of sp³-hybridized carbons (Fsp3) is 0.133. The van der Waals surface area contributed by atoms with Crippen LogP contribution in [-0.2, 0) is 4.79 Å². The Balaban J connectivity index is 1.79. The van der Waals surface area contributed by atoms with Gasteiger partial charge in [-0.3, -0.25) is 4.79 Å². The van der Waals surface area contributed by atoms with Crippen LogP contribution in [-0.4, -0.2) is 20.5 Å². The number of amides is 1. The summed E-state index contributed by atoms with van der Waals surface area (Å²) in [6.45, 7) is 3.76. The van der Waals surface area contributed by atoms with E-state index >= 15 is 0 Å². The van der Waals surface area contributed by atoms with Crippen LogP contribution < -0.4 is 5.32 Å². The second-order valence-electron chi connectivity index (χ2n) is 4.68. The molecule has 0 bridgehead atoms. The van der Waals surface area contributed by atoms with Crippen molar-refractivity contribution in [3.63, 3.8) is 0 Å². The van der Waals surface area contributed by atoms with Crippen molar-refractivity contribution in [2.75, 3.05) is 5.32 Å². The number of furan rings is 1.